The smallest absolute Gasteiger partial charge is 0.300 e. The zero-order valence-corrected chi connectivity index (χ0v) is 9.71. The van der Waals surface area contributed by atoms with Gasteiger partial charge in [0.05, 0.1) is 0 Å². The van der Waals surface area contributed by atoms with E-state index in [1.807, 2.05) is 10.3 Å². The molecule has 18 heavy (non-hydrogen) atoms. The highest BCUT2D eigenvalue weighted by Gasteiger charge is 2.44. The fourth-order valence-corrected chi connectivity index (χ4v) is 2.69. The van der Waals surface area contributed by atoms with Crippen LogP contribution in [0.3, 0.4) is 0 Å². The second kappa shape index (κ2) is 5.00. The van der Waals surface area contributed by atoms with Gasteiger partial charge in [0.1, 0.15) is 6.67 Å². The van der Waals surface area contributed by atoms with Crippen LogP contribution in [-0.4, -0.2) is 61.4 Å². The van der Waals surface area contributed by atoms with E-state index in [2.05, 4.69) is 0 Å². The van der Waals surface area contributed by atoms with Crippen molar-refractivity contribution in [2.24, 2.45) is 11.8 Å². The summed E-state index contributed by atoms with van der Waals surface area (Å²) >= 11 is 0. The normalized spacial score (nSPS) is 29.6. The number of carbonyl (C=O) groups excluding carboxylic acids is 1. The number of fused-ring (bicyclic) bond motifs is 1. The molecule has 0 radical (unpaired) electrons. The Hall–Kier alpha value is -0.890. The number of carbonyl (C=O) groups is 1. The molecule has 2 aliphatic rings. The molecular formula is C10H15F4N3O. The maximum Gasteiger partial charge on any atom is 0.472 e. The summed E-state index contributed by atoms with van der Waals surface area (Å²) in [4.78, 5) is 12.7. The Kier molecular flexibility index (Phi) is 3.76. The highest BCUT2D eigenvalue weighted by atomic mass is 19.4. The molecule has 2 atom stereocenters. The first-order valence-corrected chi connectivity index (χ1v) is 5.81. The van der Waals surface area contributed by atoms with E-state index in [1.165, 1.54) is 5.01 Å². The third-order valence-electron chi connectivity index (χ3n) is 3.48. The Labute approximate surface area is 102 Å². The van der Waals surface area contributed by atoms with E-state index in [0.717, 1.165) is 0 Å². The van der Waals surface area contributed by atoms with E-state index in [4.69, 9.17) is 0 Å². The van der Waals surface area contributed by atoms with Gasteiger partial charge in [0, 0.05) is 32.7 Å². The van der Waals surface area contributed by atoms with Crippen LogP contribution >= 0.6 is 0 Å². The quantitative estimate of drug-likeness (QED) is 0.754. The topological polar surface area (TPSA) is 35.6 Å². The Morgan fingerprint density at radius 1 is 1.17 bits per heavy atom. The fraction of sp³-hybridized carbons (Fsp3) is 0.900. The number of nitrogens with one attached hydrogen (secondary N) is 1. The zero-order valence-electron chi connectivity index (χ0n) is 9.71. The summed E-state index contributed by atoms with van der Waals surface area (Å²) in [5.41, 5.74) is 1.87. The van der Waals surface area contributed by atoms with Crippen LogP contribution in [-0.2, 0) is 4.79 Å². The van der Waals surface area contributed by atoms with Gasteiger partial charge in [-0.2, -0.15) is 13.2 Å². The van der Waals surface area contributed by atoms with Crippen LogP contribution in [0.1, 0.15) is 0 Å². The van der Waals surface area contributed by atoms with Crippen molar-refractivity contribution in [3.8, 4) is 0 Å². The first-order chi connectivity index (χ1) is 8.40. The van der Waals surface area contributed by atoms with E-state index in [-0.39, 0.29) is 11.8 Å². The maximum absolute atomic E-state index is 12.2. The number of nitrogens with zero attached hydrogens (tertiary/aromatic N) is 2. The minimum Gasteiger partial charge on any atom is -0.300 e. The third kappa shape index (κ3) is 2.92. The molecule has 4 nitrogen and oxygen atoms in total. The standard InChI is InChI=1S/C10H15F4N3O/c11-1-2-16-3-7-5-17(6-8(7)4-16)15-9(18)10(12,13)14/h7-8H,1-6H2,(H,15,18). The number of likely N-dealkylation sites (tertiary alicyclic amines) is 1. The third-order valence-corrected chi connectivity index (χ3v) is 3.48. The Morgan fingerprint density at radius 2 is 1.72 bits per heavy atom. The van der Waals surface area contributed by atoms with Crippen LogP contribution in [0.5, 0.6) is 0 Å². The molecule has 2 rings (SSSR count). The van der Waals surface area contributed by atoms with Gasteiger partial charge in [-0.3, -0.25) is 10.2 Å². The first kappa shape index (κ1) is 13.5. The summed E-state index contributed by atoms with van der Waals surface area (Å²) in [6.07, 6.45) is -4.85. The fourth-order valence-electron chi connectivity index (χ4n) is 2.69. The van der Waals surface area contributed by atoms with Gasteiger partial charge in [-0.25, -0.2) is 9.40 Å². The lowest BCUT2D eigenvalue weighted by Crippen LogP contribution is -2.48. The van der Waals surface area contributed by atoms with Gasteiger partial charge >= 0.3 is 12.1 Å². The highest BCUT2D eigenvalue weighted by Crippen LogP contribution is 2.30. The van der Waals surface area contributed by atoms with Crippen LogP contribution in [0.25, 0.3) is 0 Å². The molecule has 2 saturated heterocycles. The number of hydrogen-bond donors (Lipinski definition) is 1. The SMILES string of the molecule is O=C(NN1CC2CN(CCF)CC2C1)C(F)(F)F. The van der Waals surface area contributed by atoms with Gasteiger partial charge in [-0.05, 0) is 11.8 Å². The molecule has 2 unspecified atom stereocenters. The van der Waals surface area contributed by atoms with Crippen LogP contribution in [0.2, 0.25) is 0 Å². The average Bonchev–Trinajstić information content (AvgIpc) is 2.74. The van der Waals surface area contributed by atoms with E-state index in [1.54, 1.807) is 0 Å². The summed E-state index contributed by atoms with van der Waals surface area (Å²) in [6.45, 7) is 2.14. The van der Waals surface area contributed by atoms with Crippen molar-refractivity contribution < 1.29 is 22.4 Å². The Bertz CT molecular complexity index is 309. The molecule has 0 bridgehead atoms. The molecule has 0 aliphatic carbocycles. The summed E-state index contributed by atoms with van der Waals surface area (Å²) in [6, 6.07) is 0. The van der Waals surface area contributed by atoms with E-state index in [0.29, 0.717) is 32.7 Å². The van der Waals surface area contributed by atoms with Crippen molar-refractivity contribution in [3.05, 3.63) is 0 Å². The Balaban J connectivity index is 1.80. The number of alkyl halides is 4. The molecule has 104 valence electrons. The summed E-state index contributed by atoms with van der Waals surface area (Å²) in [5.74, 6) is -1.50. The van der Waals surface area contributed by atoms with Crippen molar-refractivity contribution in [2.75, 3.05) is 39.4 Å². The molecule has 0 aromatic heterocycles. The van der Waals surface area contributed by atoms with Crippen LogP contribution < -0.4 is 5.43 Å². The molecule has 0 aromatic rings. The largest absolute Gasteiger partial charge is 0.472 e. The molecule has 2 fully saturated rings. The minimum atomic E-state index is -4.85. The highest BCUT2D eigenvalue weighted by molar-refractivity contribution is 5.81. The van der Waals surface area contributed by atoms with Crippen molar-refractivity contribution >= 4 is 5.91 Å². The molecule has 2 aliphatic heterocycles. The second-order valence-electron chi connectivity index (χ2n) is 4.81. The predicted octanol–water partition coefficient (Wildman–Crippen LogP) is 0.413. The molecule has 0 saturated carbocycles. The molecular weight excluding hydrogens is 254 g/mol. The molecule has 1 amide bonds. The van der Waals surface area contributed by atoms with Crippen molar-refractivity contribution in [3.63, 3.8) is 0 Å². The van der Waals surface area contributed by atoms with Gasteiger partial charge in [0.25, 0.3) is 0 Å². The lowest BCUT2D eigenvalue weighted by molar-refractivity contribution is -0.178. The van der Waals surface area contributed by atoms with E-state index in [9.17, 15) is 22.4 Å². The Morgan fingerprint density at radius 3 is 2.17 bits per heavy atom. The second-order valence-corrected chi connectivity index (χ2v) is 4.81. The average molecular weight is 269 g/mol. The van der Waals surface area contributed by atoms with E-state index >= 15 is 0 Å². The van der Waals surface area contributed by atoms with Crippen LogP contribution in [0.4, 0.5) is 17.6 Å². The number of hydrogen-bond acceptors (Lipinski definition) is 3. The van der Waals surface area contributed by atoms with Gasteiger partial charge in [0.2, 0.25) is 0 Å². The van der Waals surface area contributed by atoms with E-state index < -0.39 is 18.8 Å². The summed E-state index contributed by atoms with van der Waals surface area (Å²) in [5, 5.41) is 1.32. The van der Waals surface area contributed by atoms with Crippen LogP contribution in [0.15, 0.2) is 0 Å². The maximum atomic E-state index is 12.2. The number of rotatable bonds is 3. The van der Waals surface area contributed by atoms with Gasteiger partial charge in [0.15, 0.2) is 0 Å². The molecule has 0 aromatic carbocycles. The van der Waals surface area contributed by atoms with Crippen LogP contribution in [0, 0.1) is 11.8 Å². The molecule has 2 heterocycles. The monoisotopic (exact) mass is 269 g/mol. The van der Waals surface area contributed by atoms with Crippen molar-refractivity contribution in [1.82, 2.24) is 15.3 Å². The molecule has 8 heteroatoms. The van der Waals surface area contributed by atoms with Gasteiger partial charge in [-0.1, -0.05) is 0 Å². The number of amides is 1. The van der Waals surface area contributed by atoms with Crippen molar-refractivity contribution in [1.29, 1.82) is 0 Å². The summed E-state index contributed by atoms with van der Waals surface area (Å²) < 4.78 is 48.4. The first-order valence-electron chi connectivity index (χ1n) is 5.81. The lowest BCUT2D eigenvalue weighted by atomic mass is 10.0. The minimum absolute atomic E-state index is 0.213. The zero-order chi connectivity index (χ0) is 13.3. The van der Waals surface area contributed by atoms with Gasteiger partial charge < -0.3 is 4.90 Å². The molecule has 0 spiro atoms. The predicted molar refractivity (Wildman–Crippen MR) is 55.2 cm³/mol. The number of halogens is 4. The molecule has 1 N–H and O–H groups in total. The summed E-state index contributed by atoms with van der Waals surface area (Å²) in [7, 11) is 0. The number of hydrazine groups is 1. The van der Waals surface area contributed by atoms with Crippen molar-refractivity contribution in [2.45, 2.75) is 6.18 Å². The van der Waals surface area contributed by atoms with Gasteiger partial charge in [-0.15, -0.1) is 0 Å². The lowest BCUT2D eigenvalue weighted by Gasteiger charge is -2.21.